The molecule has 1 aromatic carbocycles. The van der Waals surface area contributed by atoms with Gasteiger partial charge in [-0.1, -0.05) is 30.3 Å². The number of likely N-dealkylation sites (N-methyl/N-ethyl adjacent to an activating group) is 1. The normalized spacial score (nSPS) is 12.1. The molecule has 22 heavy (non-hydrogen) atoms. The number of benzene rings is 1. The van der Waals surface area contributed by atoms with Gasteiger partial charge in [0.1, 0.15) is 0 Å². The molecule has 0 unspecified atom stereocenters. The van der Waals surface area contributed by atoms with Crippen molar-refractivity contribution in [3.05, 3.63) is 58.3 Å². The van der Waals surface area contributed by atoms with Crippen molar-refractivity contribution in [3.63, 3.8) is 0 Å². The summed E-state index contributed by atoms with van der Waals surface area (Å²) in [6.45, 7) is 1.24. The number of amides is 2. The fourth-order valence-corrected chi connectivity index (χ4v) is 2.99. The van der Waals surface area contributed by atoms with Crippen LogP contribution in [0.2, 0.25) is 0 Å². The minimum absolute atomic E-state index is 0.113. The van der Waals surface area contributed by atoms with Gasteiger partial charge in [-0.05, 0) is 48.5 Å². The predicted molar refractivity (Wildman–Crippen MR) is 92.3 cm³/mol. The molecule has 0 aliphatic rings. The Hall–Kier alpha value is -1.85. The molecule has 5 heteroatoms. The molecule has 0 aliphatic heterocycles. The molecule has 0 aliphatic carbocycles. The van der Waals surface area contributed by atoms with Crippen LogP contribution in [0.3, 0.4) is 0 Å². The largest absolute Gasteiger partial charge is 0.338 e. The van der Waals surface area contributed by atoms with Crippen LogP contribution in [0.4, 0.5) is 4.79 Å². The van der Waals surface area contributed by atoms with E-state index in [4.69, 9.17) is 0 Å². The van der Waals surface area contributed by atoms with Gasteiger partial charge in [0.2, 0.25) is 0 Å². The quantitative estimate of drug-likeness (QED) is 0.825. The van der Waals surface area contributed by atoms with Gasteiger partial charge >= 0.3 is 6.03 Å². The molecule has 0 saturated carbocycles. The minimum Gasteiger partial charge on any atom is -0.338 e. The van der Waals surface area contributed by atoms with Crippen molar-refractivity contribution in [2.75, 3.05) is 27.2 Å². The van der Waals surface area contributed by atoms with Crippen molar-refractivity contribution in [3.8, 4) is 0 Å². The van der Waals surface area contributed by atoms with Crippen LogP contribution in [0.5, 0.6) is 0 Å². The van der Waals surface area contributed by atoms with Gasteiger partial charge in [-0.3, -0.25) is 0 Å². The zero-order valence-electron chi connectivity index (χ0n) is 13.1. The Bertz CT molecular complexity index is 555. The summed E-state index contributed by atoms with van der Waals surface area (Å²) < 4.78 is 0. The van der Waals surface area contributed by atoms with Gasteiger partial charge in [-0.15, -0.1) is 0 Å². The highest BCUT2D eigenvalue weighted by atomic mass is 32.1. The second-order valence-corrected chi connectivity index (χ2v) is 6.19. The number of thiophene rings is 1. The van der Waals surface area contributed by atoms with E-state index < -0.39 is 0 Å². The third-order valence-electron chi connectivity index (χ3n) is 3.55. The molecule has 1 heterocycles. The number of hydrogen-bond acceptors (Lipinski definition) is 3. The molecule has 0 saturated heterocycles. The van der Waals surface area contributed by atoms with Crippen LogP contribution in [0.25, 0.3) is 0 Å². The van der Waals surface area contributed by atoms with Gasteiger partial charge in [0.25, 0.3) is 0 Å². The summed E-state index contributed by atoms with van der Waals surface area (Å²) in [5.41, 5.74) is 2.46. The number of hydrogen-bond donors (Lipinski definition) is 2. The van der Waals surface area contributed by atoms with Gasteiger partial charge in [0.05, 0.1) is 6.04 Å². The highest BCUT2D eigenvalue weighted by Crippen LogP contribution is 2.19. The summed E-state index contributed by atoms with van der Waals surface area (Å²) in [5.74, 6) is 0. The van der Waals surface area contributed by atoms with Gasteiger partial charge in [-0.25, -0.2) is 4.79 Å². The zero-order chi connectivity index (χ0) is 15.8. The van der Waals surface area contributed by atoms with Crippen LogP contribution in [-0.4, -0.2) is 38.1 Å². The lowest BCUT2D eigenvalue weighted by Crippen LogP contribution is -2.41. The summed E-state index contributed by atoms with van der Waals surface area (Å²) in [5, 5.41) is 10.0. The second-order valence-electron chi connectivity index (χ2n) is 5.41. The molecule has 0 fully saturated rings. The highest BCUT2D eigenvalue weighted by Gasteiger charge is 2.15. The van der Waals surface area contributed by atoms with Crippen molar-refractivity contribution >= 4 is 17.4 Å². The Labute approximate surface area is 136 Å². The Kier molecular flexibility index (Phi) is 6.43. The molecule has 2 amide bonds. The van der Waals surface area contributed by atoms with Gasteiger partial charge < -0.3 is 15.5 Å². The zero-order valence-corrected chi connectivity index (χ0v) is 13.9. The molecule has 2 aromatic rings. The predicted octanol–water partition coefficient (Wildman–Crippen LogP) is 2.89. The van der Waals surface area contributed by atoms with Crippen molar-refractivity contribution < 1.29 is 4.79 Å². The summed E-state index contributed by atoms with van der Waals surface area (Å²) in [7, 11) is 4.05. The number of urea groups is 1. The van der Waals surface area contributed by atoms with E-state index in [0.29, 0.717) is 13.1 Å². The molecule has 0 radical (unpaired) electrons. The molecular formula is C17H23N3OS. The van der Waals surface area contributed by atoms with Crippen molar-refractivity contribution in [2.24, 2.45) is 0 Å². The topological polar surface area (TPSA) is 44.4 Å². The highest BCUT2D eigenvalue weighted by molar-refractivity contribution is 7.07. The molecule has 2 N–H and O–H groups in total. The first kappa shape index (κ1) is 16.5. The maximum absolute atomic E-state index is 11.9. The van der Waals surface area contributed by atoms with Gasteiger partial charge in [-0.2, -0.15) is 11.3 Å². The van der Waals surface area contributed by atoms with Gasteiger partial charge in [0, 0.05) is 13.1 Å². The van der Waals surface area contributed by atoms with Crippen LogP contribution in [0.1, 0.15) is 17.2 Å². The first-order chi connectivity index (χ1) is 10.7. The fourth-order valence-electron chi connectivity index (χ4n) is 2.28. The molecule has 0 bridgehead atoms. The van der Waals surface area contributed by atoms with Crippen LogP contribution in [0, 0.1) is 0 Å². The van der Waals surface area contributed by atoms with E-state index in [1.54, 1.807) is 11.3 Å². The summed E-state index contributed by atoms with van der Waals surface area (Å²) in [6.07, 6.45) is 0.843. The van der Waals surface area contributed by atoms with Gasteiger partial charge in [0.15, 0.2) is 0 Å². The number of carbonyl (C=O) groups is 1. The van der Waals surface area contributed by atoms with E-state index in [-0.39, 0.29) is 12.1 Å². The first-order valence-corrected chi connectivity index (χ1v) is 8.35. The van der Waals surface area contributed by atoms with Crippen molar-refractivity contribution in [1.29, 1.82) is 0 Å². The maximum atomic E-state index is 11.9. The SMILES string of the molecule is CN(C)[C@H](CNC(=O)NCCc1ccccc1)c1ccsc1. The van der Waals surface area contributed by atoms with E-state index in [1.165, 1.54) is 11.1 Å². The van der Waals surface area contributed by atoms with E-state index >= 15 is 0 Å². The lowest BCUT2D eigenvalue weighted by molar-refractivity contribution is 0.233. The standard InChI is InChI=1S/C17H23N3OS/c1-20(2)16(15-9-11-22-13-15)12-19-17(21)18-10-8-14-6-4-3-5-7-14/h3-7,9,11,13,16H,8,10,12H2,1-2H3,(H2,18,19,21)/t16-/m1/s1. The average Bonchev–Trinajstić information content (AvgIpc) is 3.02. The molecule has 1 aromatic heterocycles. The summed E-state index contributed by atoms with van der Waals surface area (Å²) >= 11 is 1.68. The van der Waals surface area contributed by atoms with Crippen LogP contribution in [0.15, 0.2) is 47.2 Å². The van der Waals surface area contributed by atoms with Crippen molar-refractivity contribution in [1.82, 2.24) is 15.5 Å². The average molecular weight is 317 g/mol. The van der Waals surface area contributed by atoms with Crippen LogP contribution in [-0.2, 0) is 6.42 Å². The van der Waals surface area contributed by atoms with E-state index in [9.17, 15) is 4.79 Å². The van der Waals surface area contributed by atoms with E-state index in [0.717, 1.165) is 6.42 Å². The van der Waals surface area contributed by atoms with E-state index in [1.807, 2.05) is 32.3 Å². The minimum atomic E-state index is -0.113. The molecule has 0 spiro atoms. The fraction of sp³-hybridized carbons (Fsp3) is 0.353. The summed E-state index contributed by atoms with van der Waals surface area (Å²) in [4.78, 5) is 14.0. The first-order valence-electron chi connectivity index (χ1n) is 7.41. The number of nitrogens with zero attached hydrogens (tertiary/aromatic N) is 1. The monoisotopic (exact) mass is 317 g/mol. The number of carbonyl (C=O) groups excluding carboxylic acids is 1. The Morgan fingerprint density at radius 2 is 1.95 bits per heavy atom. The third-order valence-corrected chi connectivity index (χ3v) is 4.25. The smallest absolute Gasteiger partial charge is 0.314 e. The lowest BCUT2D eigenvalue weighted by atomic mass is 10.1. The molecule has 1 atom stereocenters. The Morgan fingerprint density at radius 1 is 1.18 bits per heavy atom. The van der Waals surface area contributed by atoms with Crippen LogP contribution < -0.4 is 10.6 Å². The van der Waals surface area contributed by atoms with Crippen molar-refractivity contribution in [2.45, 2.75) is 12.5 Å². The maximum Gasteiger partial charge on any atom is 0.314 e. The molecule has 4 nitrogen and oxygen atoms in total. The molecule has 2 rings (SSSR count). The molecule has 118 valence electrons. The number of nitrogens with one attached hydrogen (secondary N) is 2. The number of rotatable bonds is 7. The Morgan fingerprint density at radius 3 is 2.59 bits per heavy atom. The Balaban J connectivity index is 1.72. The van der Waals surface area contributed by atoms with E-state index in [2.05, 4.69) is 44.5 Å². The second kappa shape index (κ2) is 8.56. The molecular weight excluding hydrogens is 294 g/mol. The van der Waals surface area contributed by atoms with Crippen LogP contribution >= 0.6 is 11.3 Å². The third kappa shape index (κ3) is 5.16. The summed E-state index contributed by atoms with van der Waals surface area (Å²) in [6, 6.07) is 12.3. The lowest BCUT2D eigenvalue weighted by Gasteiger charge is -2.24.